The third-order valence-corrected chi connectivity index (χ3v) is 3.48. The quantitative estimate of drug-likeness (QED) is 0.717. The van der Waals surface area contributed by atoms with Crippen molar-refractivity contribution in [3.05, 3.63) is 71.5 Å². The molecule has 0 aliphatic rings. The van der Waals surface area contributed by atoms with Gasteiger partial charge in [-0.05, 0) is 29.8 Å². The summed E-state index contributed by atoms with van der Waals surface area (Å²) in [6, 6.07) is 15.6. The van der Waals surface area contributed by atoms with E-state index in [1.165, 1.54) is 0 Å². The zero-order chi connectivity index (χ0) is 14.7. The Bertz CT molecular complexity index is 735. The van der Waals surface area contributed by atoms with Crippen LogP contribution in [-0.2, 0) is 13.7 Å². The van der Waals surface area contributed by atoms with E-state index in [1.807, 2.05) is 66.3 Å². The lowest BCUT2D eigenvalue weighted by Gasteiger charge is -2.08. The minimum atomic E-state index is 0.515. The Kier molecular flexibility index (Phi) is 3.93. The fraction of sp³-hybridized carbons (Fsp3) is 0.118. The van der Waals surface area contributed by atoms with Crippen molar-refractivity contribution >= 4 is 11.6 Å². The predicted octanol–water partition coefficient (Wildman–Crippen LogP) is 4.32. The molecule has 0 N–H and O–H groups in total. The van der Waals surface area contributed by atoms with Crippen molar-refractivity contribution in [1.82, 2.24) is 9.55 Å². The molecule has 4 heteroatoms. The molecular formula is C17H15ClN2O. The minimum absolute atomic E-state index is 0.515. The van der Waals surface area contributed by atoms with Crippen LogP contribution in [0.1, 0.15) is 5.56 Å². The molecule has 3 nitrogen and oxygen atoms in total. The van der Waals surface area contributed by atoms with Crippen molar-refractivity contribution < 1.29 is 4.74 Å². The SMILES string of the molecule is Cn1ccnc1-c1cccc(OCc2ccc(Cl)cc2)c1. The van der Waals surface area contributed by atoms with Gasteiger partial charge in [0, 0.05) is 30.0 Å². The average Bonchev–Trinajstić information content (AvgIpc) is 2.93. The molecule has 106 valence electrons. The van der Waals surface area contributed by atoms with E-state index >= 15 is 0 Å². The van der Waals surface area contributed by atoms with Crippen LogP contribution < -0.4 is 4.74 Å². The van der Waals surface area contributed by atoms with E-state index in [2.05, 4.69) is 4.98 Å². The molecule has 2 aromatic carbocycles. The number of aromatic nitrogens is 2. The van der Waals surface area contributed by atoms with Gasteiger partial charge in [0.25, 0.3) is 0 Å². The van der Waals surface area contributed by atoms with Crippen molar-refractivity contribution in [3.8, 4) is 17.1 Å². The number of hydrogen-bond acceptors (Lipinski definition) is 2. The first-order chi connectivity index (χ1) is 10.2. The van der Waals surface area contributed by atoms with Gasteiger partial charge in [-0.15, -0.1) is 0 Å². The maximum atomic E-state index is 5.87. The molecule has 0 unspecified atom stereocenters. The molecule has 0 aliphatic carbocycles. The molecule has 3 rings (SSSR count). The molecule has 0 atom stereocenters. The number of aryl methyl sites for hydroxylation is 1. The maximum Gasteiger partial charge on any atom is 0.139 e. The molecule has 0 fully saturated rings. The van der Waals surface area contributed by atoms with Crippen LogP contribution in [0.5, 0.6) is 5.75 Å². The van der Waals surface area contributed by atoms with Gasteiger partial charge >= 0.3 is 0 Å². The van der Waals surface area contributed by atoms with Crippen molar-refractivity contribution in [2.75, 3.05) is 0 Å². The van der Waals surface area contributed by atoms with Gasteiger partial charge in [-0.25, -0.2) is 4.98 Å². The summed E-state index contributed by atoms with van der Waals surface area (Å²) >= 11 is 5.87. The second-order valence-corrected chi connectivity index (χ2v) is 5.24. The summed E-state index contributed by atoms with van der Waals surface area (Å²) < 4.78 is 7.81. The summed E-state index contributed by atoms with van der Waals surface area (Å²) in [4.78, 5) is 4.35. The lowest BCUT2D eigenvalue weighted by Crippen LogP contribution is -1.96. The van der Waals surface area contributed by atoms with Crippen LogP contribution in [0.15, 0.2) is 60.9 Å². The number of halogens is 1. The highest BCUT2D eigenvalue weighted by atomic mass is 35.5. The van der Waals surface area contributed by atoms with E-state index in [1.54, 1.807) is 6.20 Å². The van der Waals surface area contributed by atoms with Crippen LogP contribution in [0.3, 0.4) is 0 Å². The van der Waals surface area contributed by atoms with Gasteiger partial charge in [0.05, 0.1) is 0 Å². The fourth-order valence-electron chi connectivity index (χ4n) is 2.12. The van der Waals surface area contributed by atoms with Crippen molar-refractivity contribution in [2.24, 2.45) is 7.05 Å². The molecule has 0 radical (unpaired) electrons. The van der Waals surface area contributed by atoms with Gasteiger partial charge in [-0.3, -0.25) is 0 Å². The molecule has 3 aromatic rings. The Morgan fingerprint density at radius 2 is 1.95 bits per heavy atom. The molecule has 0 amide bonds. The van der Waals surface area contributed by atoms with Crippen molar-refractivity contribution in [2.45, 2.75) is 6.61 Å². The lowest BCUT2D eigenvalue weighted by molar-refractivity contribution is 0.306. The number of rotatable bonds is 4. The molecule has 21 heavy (non-hydrogen) atoms. The van der Waals surface area contributed by atoms with Crippen LogP contribution >= 0.6 is 11.6 Å². The van der Waals surface area contributed by atoms with E-state index in [0.717, 1.165) is 27.7 Å². The predicted molar refractivity (Wildman–Crippen MR) is 84.4 cm³/mol. The fourth-order valence-corrected chi connectivity index (χ4v) is 2.24. The average molecular weight is 299 g/mol. The smallest absolute Gasteiger partial charge is 0.139 e. The Hall–Kier alpha value is -2.26. The first kappa shape index (κ1) is 13.7. The minimum Gasteiger partial charge on any atom is -0.489 e. The maximum absolute atomic E-state index is 5.87. The molecule has 1 aromatic heterocycles. The number of benzene rings is 2. The second kappa shape index (κ2) is 6.02. The van der Waals surface area contributed by atoms with Crippen molar-refractivity contribution in [3.63, 3.8) is 0 Å². The molecule has 0 spiro atoms. The zero-order valence-electron chi connectivity index (χ0n) is 11.7. The summed E-state index contributed by atoms with van der Waals surface area (Å²) in [5.41, 5.74) is 2.12. The van der Waals surface area contributed by atoms with E-state index in [9.17, 15) is 0 Å². The highest BCUT2D eigenvalue weighted by Gasteiger charge is 2.04. The van der Waals surface area contributed by atoms with Crippen LogP contribution in [-0.4, -0.2) is 9.55 Å². The number of ether oxygens (including phenoxy) is 1. The molecular weight excluding hydrogens is 284 g/mol. The van der Waals surface area contributed by atoms with Crippen LogP contribution in [0.2, 0.25) is 5.02 Å². The van der Waals surface area contributed by atoms with E-state index in [4.69, 9.17) is 16.3 Å². The molecule has 1 heterocycles. The normalized spacial score (nSPS) is 10.6. The Morgan fingerprint density at radius 1 is 1.14 bits per heavy atom. The summed E-state index contributed by atoms with van der Waals surface area (Å²) in [6.07, 6.45) is 3.72. The van der Waals surface area contributed by atoms with Crippen LogP contribution in [0, 0.1) is 0 Å². The molecule has 0 bridgehead atoms. The Morgan fingerprint density at radius 3 is 2.67 bits per heavy atom. The number of nitrogens with zero attached hydrogens (tertiary/aromatic N) is 2. The summed E-state index contributed by atoms with van der Waals surface area (Å²) in [5.74, 6) is 1.75. The van der Waals surface area contributed by atoms with Crippen LogP contribution in [0.25, 0.3) is 11.4 Å². The van der Waals surface area contributed by atoms with Gasteiger partial charge in [-0.2, -0.15) is 0 Å². The zero-order valence-corrected chi connectivity index (χ0v) is 12.4. The highest BCUT2D eigenvalue weighted by molar-refractivity contribution is 6.30. The molecule has 0 saturated heterocycles. The van der Waals surface area contributed by atoms with Gasteiger partial charge in [0.2, 0.25) is 0 Å². The standard InChI is InChI=1S/C17H15ClN2O/c1-20-10-9-19-17(20)14-3-2-4-16(11-14)21-12-13-5-7-15(18)8-6-13/h2-11H,12H2,1H3. The third-order valence-electron chi connectivity index (χ3n) is 3.23. The largest absolute Gasteiger partial charge is 0.489 e. The first-order valence-electron chi connectivity index (χ1n) is 6.67. The topological polar surface area (TPSA) is 27.1 Å². The molecule has 0 saturated carbocycles. The number of hydrogen-bond donors (Lipinski definition) is 0. The molecule has 0 aliphatic heterocycles. The first-order valence-corrected chi connectivity index (χ1v) is 7.05. The van der Waals surface area contributed by atoms with E-state index in [0.29, 0.717) is 6.61 Å². The van der Waals surface area contributed by atoms with Gasteiger partial charge in [0.1, 0.15) is 18.2 Å². The third kappa shape index (κ3) is 3.26. The number of imidazole rings is 1. The van der Waals surface area contributed by atoms with Crippen molar-refractivity contribution in [1.29, 1.82) is 0 Å². The van der Waals surface area contributed by atoms with Gasteiger partial charge in [-0.1, -0.05) is 35.9 Å². The Balaban J connectivity index is 1.74. The van der Waals surface area contributed by atoms with Crippen LogP contribution in [0.4, 0.5) is 0 Å². The second-order valence-electron chi connectivity index (χ2n) is 4.80. The van der Waals surface area contributed by atoms with E-state index in [-0.39, 0.29) is 0 Å². The van der Waals surface area contributed by atoms with Gasteiger partial charge in [0.15, 0.2) is 0 Å². The summed E-state index contributed by atoms with van der Waals surface area (Å²) in [5, 5.41) is 0.732. The summed E-state index contributed by atoms with van der Waals surface area (Å²) in [7, 11) is 1.98. The lowest BCUT2D eigenvalue weighted by atomic mass is 10.2. The summed E-state index contributed by atoms with van der Waals surface area (Å²) in [6.45, 7) is 0.515. The Labute approximate surface area is 128 Å². The van der Waals surface area contributed by atoms with Gasteiger partial charge < -0.3 is 9.30 Å². The van der Waals surface area contributed by atoms with E-state index < -0.39 is 0 Å². The monoisotopic (exact) mass is 298 g/mol. The highest BCUT2D eigenvalue weighted by Crippen LogP contribution is 2.23.